The summed E-state index contributed by atoms with van der Waals surface area (Å²) in [4.78, 5) is 2.38. The minimum Gasteiger partial charge on any atom is -0.311 e. The molecule has 0 aromatic heterocycles. The summed E-state index contributed by atoms with van der Waals surface area (Å²) >= 11 is 3.29. The zero-order valence-electron chi connectivity index (χ0n) is 10.9. The lowest BCUT2D eigenvalue weighted by Gasteiger charge is -2.39. The molecule has 1 saturated heterocycles. The molecule has 2 rings (SSSR count). The van der Waals surface area contributed by atoms with Gasteiger partial charge in [-0.05, 0) is 25.5 Å². The number of benzene rings is 1. The maximum Gasteiger partial charge on any atom is 0.128 e. The van der Waals surface area contributed by atoms with Crippen molar-refractivity contribution in [2.45, 2.75) is 38.9 Å². The number of nitrogens with zero attached hydrogens (tertiary/aromatic N) is 1. The van der Waals surface area contributed by atoms with Crippen molar-refractivity contribution < 1.29 is 4.39 Å². The van der Waals surface area contributed by atoms with Crippen LogP contribution in [0.25, 0.3) is 0 Å². The second-order valence-corrected chi connectivity index (χ2v) is 5.95. The Kier molecular flexibility index (Phi) is 4.76. The molecule has 4 heteroatoms. The van der Waals surface area contributed by atoms with Crippen LogP contribution in [0.5, 0.6) is 0 Å². The summed E-state index contributed by atoms with van der Waals surface area (Å²) in [7, 11) is 0. The van der Waals surface area contributed by atoms with Crippen LogP contribution in [0, 0.1) is 5.82 Å². The van der Waals surface area contributed by atoms with Crippen molar-refractivity contribution in [2.75, 3.05) is 13.1 Å². The van der Waals surface area contributed by atoms with Gasteiger partial charge in [0.05, 0.1) is 0 Å². The highest BCUT2D eigenvalue weighted by Gasteiger charge is 2.24. The van der Waals surface area contributed by atoms with E-state index in [0.717, 1.165) is 29.5 Å². The Labute approximate surface area is 117 Å². The van der Waals surface area contributed by atoms with Gasteiger partial charge in [-0.25, -0.2) is 4.39 Å². The molecule has 100 valence electrons. The molecule has 1 fully saturated rings. The minimum atomic E-state index is -0.120. The van der Waals surface area contributed by atoms with Crippen LogP contribution >= 0.6 is 15.9 Å². The first kappa shape index (κ1) is 14.0. The second-order valence-electron chi connectivity index (χ2n) is 5.04. The number of halogens is 2. The molecule has 0 amide bonds. The molecule has 0 spiro atoms. The normalized spacial score (nSPS) is 25.3. The third kappa shape index (κ3) is 3.31. The molecule has 0 saturated carbocycles. The van der Waals surface area contributed by atoms with Gasteiger partial charge in [-0.15, -0.1) is 0 Å². The molecule has 0 radical (unpaired) electrons. The highest BCUT2D eigenvalue weighted by molar-refractivity contribution is 9.10. The fourth-order valence-corrected chi connectivity index (χ4v) is 2.83. The Morgan fingerprint density at radius 2 is 2.28 bits per heavy atom. The first-order valence-corrected chi connectivity index (χ1v) is 7.30. The molecular weight excluding hydrogens is 295 g/mol. The van der Waals surface area contributed by atoms with E-state index >= 15 is 0 Å². The Balaban J connectivity index is 2.10. The Morgan fingerprint density at radius 1 is 1.50 bits per heavy atom. The molecule has 18 heavy (non-hydrogen) atoms. The zero-order valence-corrected chi connectivity index (χ0v) is 12.5. The standard InChI is InChI=1S/C14H20BrFN2/c1-3-13-7-17-10(2)8-18(13)9-11-4-5-12(15)6-14(11)16/h4-6,10,13,17H,3,7-9H2,1-2H3. The van der Waals surface area contributed by atoms with E-state index in [1.165, 1.54) is 0 Å². The van der Waals surface area contributed by atoms with E-state index in [9.17, 15) is 4.39 Å². The van der Waals surface area contributed by atoms with Gasteiger partial charge in [0.15, 0.2) is 0 Å². The van der Waals surface area contributed by atoms with E-state index in [1.807, 2.05) is 12.1 Å². The molecule has 2 nitrogen and oxygen atoms in total. The van der Waals surface area contributed by atoms with E-state index in [2.05, 4.69) is 40.0 Å². The van der Waals surface area contributed by atoms with Crippen LogP contribution in [-0.4, -0.2) is 30.1 Å². The van der Waals surface area contributed by atoms with E-state index < -0.39 is 0 Å². The molecular formula is C14H20BrFN2. The Morgan fingerprint density at radius 3 is 2.94 bits per heavy atom. The number of hydrogen-bond donors (Lipinski definition) is 1. The number of nitrogens with one attached hydrogen (secondary N) is 1. The summed E-state index contributed by atoms with van der Waals surface area (Å²) in [5.74, 6) is -0.120. The maximum absolute atomic E-state index is 13.9. The van der Waals surface area contributed by atoms with E-state index in [4.69, 9.17) is 0 Å². The third-order valence-electron chi connectivity index (χ3n) is 3.59. The van der Waals surface area contributed by atoms with E-state index in [1.54, 1.807) is 6.07 Å². The van der Waals surface area contributed by atoms with Crippen molar-refractivity contribution >= 4 is 15.9 Å². The van der Waals surface area contributed by atoms with E-state index in [-0.39, 0.29) is 5.82 Å². The van der Waals surface area contributed by atoms with E-state index in [0.29, 0.717) is 18.6 Å². The number of piperazine rings is 1. The second kappa shape index (κ2) is 6.13. The average molecular weight is 315 g/mol. The predicted molar refractivity (Wildman–Crippen MR) is 76.1 cm³/mol. The Bertz CT molecular complexity index is 411. The zero-order chi connectivity index (χ0) is 13.1. The number of rotatable bonds is 3. The summed E-state index contributed by atoms with van der Waals surface area (Å²) in [6.07, 6.45) is 1.10. The topological polar surface area (TPSA) is 15.3 Å². The smallest absolute Gasteiger partial charge is 0.128 e. The summed E-state index contributed by atoms with van der Waals surface area (Å²) in [6.45, 7) is 7.04. The van der Waals surface area contributed by atoms with Gasteiger partial charge in [-0.3, -0.25) is 4.90 Å². The molecule has 1 aliphatic heterocycles. The highest BCUT2D eigenvalue weighted by atomic mass is 79.9. The van der Waals surface area contributed by atoms with Crippen LogP contribution in [0.2, 0.25) is 0 Å². The highest BCUT2D eigenvalue weighted by Crippen LogP contribution is 2.19. The number of hydrogen-bond acceptors (Lipinski definition) is 2. The van der Waals surface area contributed by atoms with Crippen molar-refractivity contribution in [3.63, 3.8) is 0 Å². The van der Waals surface area contributed by atoms with Crippen molar-refractivity contribution in [2.24, 2.45) is 0 Å². The average Bonchev–Trinajstić information content (AvgIpc) is 2.33. The van der Waals surface area contributed by atoms with Gasteiger partial charge >= 0.3 is 0 Å². The van der Waals surface area contributed by atoms with Crippen molar-refractivity contribution in [1.29, 1.82) is 0 Å². The van der Waals surface area contributed by atoms with Crippen LogP contribution in [0.15, 0.2) is 22.7 Å². The minimum absolute atomic E-state index is 0.120. The lowest BCUT2D eigenvalue weighted by molar-refractivity contribution is 0.123. The molecule has 1 heterocycles. The molecule has 1 N–H and O–H groups in total. The quantitative estimate of drug-likeness (QED) is 0.922. The van der Waals surface area contributed by atoms with Gasteiger partial charge in [0.2, 0.25) is 0 Å². The van der Waals surface area contributed by atoms with Crippen LogP contribution in [0.1, 0.15) is 25.8 Å². The molecule has 1 aromatic rings. The lowest BCUT2D eigenvalue weighted by atomic mass is 10.1. The summed E-state index contributed by atoms with van der Waals surface area (Å²) < 4.78 is 14.7. The monoisotopic (exact) mass is 314 g/mol. The first-order valence-electron chi connectivity index (χ1n) is 6.51. The Hall–Kier alpha value is -0.450. The maximum atomic E-state index is 13.9. The van der Waals surface area contributed by atoms with Gasteiger partial charge in [0.25, 0.3) is 0 Å². The summed E-state index contributed by atoms with van der Waals surface area (Å²) in [5, 5.41) is 3.48. The molecule has 0 bridgehead atoms. The fourth-order valence-electron chi connectivity index (χ4n) is 2.50. The summed E-state index contributed by atoms with van der Waals surface area (Å²) in [5.41, 5.74) is 0.783. The van der Waals surface area contributed by atoms with Gasteiger partial charge in [0.1, 0.15) is 5.82 Å². The largest absolute Gasteiger partial charge is 0.311 e. The predicted octanol–water partition coefficient (Wildman–Crippen LogP) is 3.16. The first-order chi connectivity index (χ1) is 8.60. The molecule has 2 unspecified atom stereocenters. The van der Waals surface area contributed by atoms with Gasteiger partial charge in [-0.1, -0.05) is 28.9 Å². The lowest BCUT2D eigenvalue weighted by Crippen LogP contribution is -2.54. The van der Waals surface area contributed by atoms with Crippen LogP contribution in [-0.2, 0) is 6.54 Å². The van der Waals surface area contributed by atoms with Crippen molar-refractivity contribution in [1.82, 2.24) is 10.2 Å². The van der Waals surface area contributed by atoms with Gasteiger partial charge in [0, 0.05) is 41.8 Å². The van der Waals surface area contributed by atoms with Crippen LogP contribution < -0.4 is 5.32 Å². The van der Waals surface area contributed by atoms with Crippen molar-refractivity contribution in [3.05, 3.63) is 34.1 Å². The molecule has 0 aliphatic carbocycles. The third-order valence-corrected chi connectivity index (χ3v) is 4.08. The molecule has 1 aromatic carbocycles. The van der Waals surface area contributed by atoms with Crippen LogP contribution in [0.3, 0.4) is 0 Å². The summed E-state index contributed by atoms with van der Waals surface area (Å²) in [6, 6.07) is 6.31. The fraction of sp³-hybridized carbons (Fsp3) is 0.571. The van der Waals surface area contributed by atoms with Crippen molar-refractivity contribution in [3.8, 4) is 0 Å². The SMILES string of the molecule is CCC1CNC(C)CN1Cc1ccc(Br)cc1F. The molecule has 1 aliphatic rings. The van der Waals surface area contributed by atoms with Gasteiger partial charge < -0.3 is 5.32 Å². The van der Waals surface area contributed by atoms with Crippen LogP contribution in [0.4, 0.5) is 4.39 Å². The molecule has 2 atom stereocenters. The van der Waals surface area contributed by atoms with Gasteiger partial charge in [-0.2, -0.15) is 0 Å².